The van der Waals surface area contributed by atoms with Gasteiger partial charge in [0.15, 0.2) is 0 Å². The number of hydrogen-bond acceptors (Lipinski definition) is 4. The van der Waals surface area contributed by atoms with E-state index in [9.17, 15) is 13.2 Å². The highest BCUT2D eigenvalue weighted by Gasteiger charge is 2.31. The summed E-state index contributed by atoms with van der Waals surface area (Å²) in [6, 6.07) is 6.97. The van der Waals surface area contributed by atoms with Gasteiger partial charge >= 0.3 is 0 Å². The monoisotopic (exact) mass is 366 g/mol. The zero-order valence-electron chi connectivity index (χ0n) is 14.7. The van der Waals surface area contributed by atoms with Gasteiger partial charge in [0.2, 0.25) is 15.9 Å². The maximum atomic E-state index is 12.7. The Hall–Kier alpha value is -1.44. The average Bonchev–Trinajstić information content (AvgIpc) is 2.63. The summed E-state index contributed by atoms with van der Waals surface area (Å²) in [5.74, 6) is 0.433. The number of hydrogen-bond donors (Lipinski definition) is 0. The third-order valence-electron chi connectivity index (χ3n) is 5.06. The third-order valence-corrected chi connectivity index (χ3v) is 6.97. The quantitative estimate of drug-likeness (QED) is 0.813. The zero-order valence-corrected chi connectivity index (χ0v) is 15.5. The predicted molar refractivity (Wildman–Crippen MR) is 94.7 cm³/mol. The van der Waals surface area contributed by atoms with Crippen molar-refractivity contribution in [1.29, 1.82) is 0 Å². The molecule has 3 rings (SSSR count). The first-order valence-electron chi connectivity index (χ1n) is 8.89. The van der Waals surface area contributed by atoms with Crippen LogP contribution >= 0.6 is 0 Å². The van der Waals surface area contributed by atoms with Crippen molar-refractivity contribution in [2.24, 2.45) is 5.92 Å². The summed E-state index contributed by atoms with van der Waals surface area (Å²) in [7, 11) is -3.43. The Balaban J connectivity index is 1.54. The fraction of sp³-hybridized carbons (Fsp3) is 0.611. The van der Waals surface area contributed by atoms with Crippen LogP contribution < -0.4 is 0 Å². The van der Waals surface area contributed by atoms with E-state index >= 15 is 0 Å². The number of carbonyl (C=O) groups is 1. The molecule has 0 bridgehead atoms. The number of rotatable bonds is 4. The second kappa shape index (κ2) is 7.85. The lowest BCUT2D eigenvalue weighted by Crippen LogP contribution is -2.43. The molecule has 138 valence electrons. The van der Waals surface area contributed by atoms with E-state index in [1.807, 2.05) is 24.0 Å². The summed E-state index contributed by atoms with van der Waals surface area (Å²) in [5, 5.41) is 0. The van der Waals surface area contributed by atoms with E-state index in [0.717, 1.165) is 18.4 Å². The topological polar surface area (TPSA) is 66.9 Å². The van der Waals surface area contributed by atoms with Crippen molar-refractivity contribution in [3.63, 3.8) is 0 Å². The smallest absolute Gasteiger partial charge is 0.243 e. The van der Waals surface area contributed by atoms with E-state index in [1.165, 1.54) is 0 Å². The fourth-order valence-electron chi connectivity index (χ4n) is 3.40. The van der Waals surface area contributed by atoms with E-state index in [4.69, 9.17) is 4.74 Å². The van der Waals surface area contributed by atoms with Crippen LogP contribution in [0, 0.1) is 12.8 Å². The maximum absolute atomic E-state index is 12.7. The molecule has 2 saturated heterocycles. The number of morpholine rings is 1. The summed E-state index contributed by atoms with van der Waals surface area (Å²) in [6.45, 7) is 5.46. The summed E-state index contributed by atoms with van der Waals surface area (Å²) < 4.78 is 32.2. The highest BCUT2D eigenvalue weighted by atomic mass is 32.2. The minimum atomic E-state index is -3.43. The van der Waals surface area contributed by atoms with Crippen LogP contribution in [0.4, 0.5) is 0 Å². The van der Waals surface area contributed by atoms with Crippen LogP contribution in [0.1, 0.15) is 24.8 Å². The van der Waals surface area contributed by atoms with Crippen LogP contribution in [0.25, 0.3) is 0 Å². The van der Waals surface area contributed by atoms with Crippen LogP contribution in [0.5, 0.6) is 0 Å². The van der Waals surface area contributed by atoms with Gasteiger partial charge in [0.05, 0.1) is 18.1 Å². The number of carbonyl (C=O) groups excluding carboxylic acids is 1. The molecule has 2 aliphatic heterocycles. The zero-order chi connectivity index (χ0) is 17.9. The number of amides is 1. The number of piperidine rings is 1. The van der Waals surface area contributed by atoms with Crippen molar-refractivity contribution < 1.29 is 17.9 Å². The third kappa shape index (κ3) is 4.40. The van der Waals surface area contributed by atoms with Crippen molar-refractivity contribution in [2.45, 2.75) is 31.1 Å². The van der Waals surface area contributed by atoms with Crippen molar-refractivity contribution in [1.82, 2.24) is 9.21 Å². The Morgan fingerprint density at radius 2 is 1.68 bits per heavy atom. The second-order valence-electron chi connectivity index (χ2n) is 6.86. The van der Waals surface area contributed by atoms with Gasteiger partial charge in [-0.3, -0.25) is 4.79 Å². The van der Waals surface area contributed by atoms with E-state index < -0.39 is 10.0 Å². The summed E-state index contributed by atoms with van der Waals surface area (Å²) in [6.07, 6.45) is 1.99. The molecule has 2 fully saturated rings. The molecule has 6 nitrogen and oxygen atoms in total. The fourth-order valence-corrected chi connectivity index (χ4v) is 4.87. The van der Waals surface area contributed by atoms with Gasteiger partial charge in [0, 0.05) is 32.6 Å². The van der Waals surface area contributed by atoms with Gasteiger partial charge < -0.3 is 9.64 Å². The SMILES string of the molecule is Cc1ccc(S(=O)(=O)N2CCC(CC(=O)N3CCOCC3)CC2)cc1. The lowest BCUT2D eigenvalue weighted by molar-refractivity contribution is -0.136. The van der Waals surface area contributed by atoms with E-state index in [1.54, 1.807) is 16.4 Å². The molecule has 2 heterocycles. The molecule has 0 aromatic heterocycles. The Bertz CT molecular complexity index is 688. The average molecular weight is 366 g/mol. The minimum Gasteiger partial charge on any atom is -0.378 e. The molecule has 0 unspecified atom stereocenters. The molecule has 1 aromatic carbocycles. The van der Waals surface area contributed by atoms with Crippen molar-refractivity contribution in [3.05, 3.63) is 29.8 Å². The molecule has 25 heavy (non-hydrogen) atoms. The molecule has 0 aliphatic carbocycles. The van der Waals surface area contributed by atoms with Gasteiger partial charge in [-0.05, 0) is 37.8 Å². The molecule has 2 aliphatic rings. The normalized spacial score (nSPS) is 20.6. The number of ether oxygens (including phenoxy) is 1. The summed E-state index contributed by atoms with van der Waals surface area (Å²) >= 11 is 0. The first kappa shape index (κ1) is 18.4. The second-order valence-corrected chi connectivity index (χ2v) is 8.80. The lowest BCUT2D eigenvalue weighted by atomic mass is 9.94. The standard InChI is InChI=1S/C18H26N2O4S/c1-15-2-4-17(5-3-15)25(22,23)20-8-6-16(7-9-20)14-18(21)19-10-12-24-13-11-19/h2-5,16H,6-14H2,1H3. The first-order chi connectivity index (χ1) is 12.0. The number of benzene rings is 1. The number of sulfonamides is 1. The highest BCUT2D eigenvalue weighted by Crippen LogP contribution is 2.26. The molecule has 0 atom stereocenters. The van der Waals surface area contributed by atoms with E-state index in [2.05, 4.69) is 0 Å². The Labute approximate surface area is 149 Å². The summed E-state index contributed by atoms with van der Waals surface area (Å²) in [5.41, 5.74) is 1.04. The van der Waals surface area contributed by atoms with Gasteiger partial charge in [0.25, 0.3) is 0 Å². The number of aryl methyl sites for hydroxylation is 1. The van der Waals surface area contributed by atoms with Crippen molar-refractivity contribution in [3.8, 4) is 0 Å². The molecule has 0 N–H and O–H groups in total. The van der Waals surface area contributed by atoms with Crippen LogP contribution in [0.3, 0.4) is 0 Å². The molecule has 7 heteroatoms. The van der Waals surface area contributed by atoms with Crippen LogP contribution in [0.15, 0.2) is 29.2 Å². The van der Waals surface area contributed by atoms with Gasteiger partial charge in [-0.15, -0.1) is 0 Å². The van der Waals surface area contributed by atoms with Gasteiger partial charge in [-0.25, -0.2) is 8.42 Å². The van der Waals surface area contributed by atoms with Crippen LogP contribution in [0.2, 0.25) is 0 Å². The molecule has 1 aromatic rings. The van der Waals surface area contributed by atoms with E-state index in [0.29, 0.717) is 50.7 Å². The largest absolute Gasteiger partial charge is 0.378 e. The molecule has 1 amide bonds. The molecular weight excluding hydrogens is 340 g/mol. The number of nitrogens with zero attached hydrogens (tertiary/aromatic N) is 2. The van der Waals surface area contributed by atoms with Gasteiger partial charge in [0.1, 0.15) is 0 Å². The molecule has 0 spiro atoms. The maximum Gasteiger partial charge on any atom is 0.243 e. The molecule has 0 radical (unpaired) electrons. The Morgan fingerprint density at radius 1 is 1.08 bits per heavy atom. The Kier molecular flexibility index (Phi) is 5.76. The van der Waals surface area contributed by atoms with Gasteiger partial charge in [-0.2, -0.15) is 4.31 Å². The lowest BCUT2D eigenvalue weighted by Gasteiger charge is -2.33. The van der Waals surface area contributed by atoms with Crippen molar-refractivity contribution >= 4 is 15.9 Å². The van der Waals surface area contributed by atoms with Crippen LogP contribution in [-0.4, -0.2) is 62.9 Å². The van der Waals surface area contributed by atoms with Crippen LogP contribution in [-0.2, 0) is 19.6 Å². The highest BCUT2D eigenvalue weighted by molar-refractivity contribution is 7.89. The minimum absolute atomic E-state index is 0.170. The molecular formula is C18H26N2O4S. The summed E-state index contributed by atoms with van der Waals surface area (Å²) in [4.78, 5) is 14.5. The first-order valence-corrected chi connectivity index (χ1v) is 10.3. The van der Waals surface area contributed by atoms with E-state index in [-0.39, 0.29) is 11.8 Å². The van der Waals surface area contributed by atoms with Crippen molar-refractivity contribution in [2.75, 3.05) is 39.4 Å². The Morgan fingerprint density at radius 3 is 2.28 bits per heavy atom. The molecule has 0 saturated carbocycles. The van der Waals surface area contributed by atoms with Gasteiger partial charge in [-0.1, -0.05) is 17.7 Å². The predicted octanol–water partition coefficient (Wildman–Crippen LogP) is 1.64.